The van der Waals surface area contributed by atoms with Crippen molar-refractivity contribution in [1.82, 2.24) is 20.4 Å². The van der Waals surface area contributed by atoms with E-state index in [1.165, 1.54) is 0 Å². The second kappa shape index (κ2) is 7.50. The molecule has 0 radical (unpaired) electrons. The van der Waals surface area contributed by atoms with E-state index >= 15 is 0 Å². The highest BCUT2D eigenvalue weighted by Crippen LogP contribution is 2.15. The molecule has 0 unspecified atom stereocenters. The van der Waals surface area contributed by atoms with Crippen LogP contribution in [0.3, 0.4) is 0 Å². The first-order valence-corrected chi connectivity index (χ1v) is 7.79. The van der Waals surface area contributed by atoms with Crippen molar-refractivity contribution < 1.29 is 9.32 Å². The minimum atomic E-state index is -0.0486. The summed E-state index contributed by atoms with van der Waals surface area (Å²) in [6.07, 6.45) is 4.05. The van der Waals surface area contributed by atoms with Crippen LogP contribution in [-0.2, 0) is 11.2 Å². The molecule has 0 saturated carbocycles. The van der Waals surface area contributed by atoms with Gasteiger partial charge in [0.25, 0.3) is 0 Å². The molecule has 24 heavy (non-hydrogen) atoms. The van der Waals surface area contributed by atoms with E-state index < -0.39 is 0 Å². The third kappa shape index (κ3) is 4.04. The highest BCUT2D eigenvalue weighted by molar-refractivity contribution is 5.76. The number of carbonyl (C=O) groups is 1. The van der Waals surface area contributed by atoms with Crippen LogP contribution in [0.1, 0.15) is 30.8 Å². The maximum Gasteiger partial charge on any atom is 0.227 e. The van der Waals surface area contributed by atoms with Crippen LogP contribution in [0, 0.1) is 0 Å². The summed E-state index contributed by atoms with van der Waals surface area (Å²) in [6, 6.07) is 13.5. The Balaban J connectivity index is 1.53. The van der Waals surface area contributed by atoms with Crippen molar-refractivity contribution in [3.05, 3.63) is 66.3 Å². The number of hydrogen-bond donors (Lipinski definition) is 1. The lowest BCUT2D eigenvalue weighted by atomic mass is 10.1. The van der Waals surface area contributed by atoms with Gasteiger partial charge < -0.3 is 9.84 Å². The Kier molecular flexibility index (Phi) is 4.96. The van der Waals surface area contributed by atoms with Gasteiger partial charge in [0.05, 0.1) is 6.04 Å². The summed E-state index contributed by atoms with van der Waals surface area (Å²) in [6.45, 7) is 1.96. The molecule has 122 valence electrons. The molecule has 2 heterocycles. The average Bonchev–Trinajstić information content (AvgIpc) is 3.10. The van der Waals surface area contributed by atoms with Crippen LogP contribution in [-0.4, -0.2) is 21.0 Å². The fraction of sp³-hybridized carbons (Fsp3) is 0.222. The Morgan fingerprint density at radius 2 is 2.04 bits per heavy atom. The highest BCUT2D eigenvalue weighted by Gasteiger charge is 2.13. The zero-order valence-corrected chi connectivity index (χ0v) is 13.3. The third-order valence-corrected chi connectivity index (χ3v) is 3.63. The highest BCUT2D eigenvalue weighted by atomic mass is 16.5. The third-order valence-electron chi connectivity index (χ3n) is 3.63. The minimum absolute atomic E-state index is 0.0349. The lowest BCUT2D eigenvalue weighted by Crippen LogP contribution is -2.26. The van der Waals surface area contributed by atoms with Crippen LogP contribution < -0.4 is 5.32 Å². The predicted molar refractivity (Wildman–Crippen MR) is 88.8 cm³/mol. The monoisotopic (exact) mass is 322 g/mol. The second-order valence-electron chi connectivity index (χ2n) is 5.45. The van der Waals surface area contributed by atoms with E-state index in [-0.39, 0.29) is 11.9 Å². The van der Waals surface area contributed by atoms with Gasteiger partial charge in [0, 0.05) is 30.8 Å². The van der Waals surface area contributed by atoms with Gasteiger partial charge in [-0.1, -0.05) is 35.5 Å². The molecular formula is C18H18N4O2. The second-order valence-corrected chi connectivity index (χ2v) is 5.45. The van der Waals surface area contributed by atoms with Gasteiger partial charge in [0.15, 0.2) is 0 Å². The molecule has 1 N–H and O–H groups in total. The first-order chi connectivity index (χ1) is 11.7. The van der Waals surface area contributed by atoms with Gasteiger partial charge >= 0.3 is 0 Å². The number of hydrogen-bond acceptors (Lipinski definition) is 5. The number of carbonyl (C=O) groups excluding carboxylic acids is 1. The zero-order valence-electron chi connectivity index (χ0n) is 13.3. The van der Waals surface area contributed by atoms with Crippen LogP contribution in [0.2, 0.25) is 0 Å². The van der Waals surface area contributed by atoms with E-state index in [2.05, 4.69) is 20.4 Å². The fourth-order valence-electron chi connectivity index (χ4n) is 2.33. The van der Waals surface area contributed by atoms with Crippen molar-refractivity contribution in [3.63, 3.8) is 0 Å². The van der Waals surface area contributed by atoms with Crippen LogP contribution in [0.15, 0.2) is 59.4 Å². The molecule has 0 saturated heterocycles. The quantitative estimate of drug-likeness (QED) is 0.754. The molecule has 6 heteroatoms. The number of nitrogens with zero attached hydrogens (tertiary/aromatic N) is 3. The average molecular weight is 322 g/mol. The number of rotatable bonds is 6. The van der Waals surface area contributed by atoms with Crippen molar-refractivity contribution in [2.75, 3.05) is 0 Å². The van der Waals surface area contributed by atoms with Crippen LogP contribution in [0.25, 0.3) is 11.4 Å². The van der Waals surface area contributed by atoms with Crippen molar-refractivity contribution in [3.8, 4) is 11.4 Å². The molecule has 0 bridgehead atoms. The van der Waals surface area contributed by atoms with Crippen LogP contribution in [0.5, 0.6) is 0 Å². The molecule has 3 rings (SSSR count). The predicted octanol–water partition coefficient (Wildman–Crippen LogP) is 2.94. The SMILES string of the molecule is C[C@@H](NC(=O)CCc1nc(-c2cccnc2)no1)c1ccccc1. The molecule has 1 atom stereocenters. The normalized spacial score (nSPS) is 11.9. The summed E-state index contributed by atoms with van der Waals surface area (Å²) in [4.78, 5) is 20.4. The van der Waals surface area contributed by atoms with E-state index in [4.69, 9.17) is 4.52 Å². The summed E-state index contributed by atoms with van der Waals surface area (Å²) in [5, 5.41) is 6.88. The van der Waals surface area contributed by atoms with Crippen LogP contribution in [0.4, 0.5) is 0 Å². The smallest absolute Gasteiger partial charge is 0.227 e. The standard InChI is InChI=1S/C18H18N4O2/c1-13(14-6-3-2-4-7-14)20-16(23)9-10-17-21-18(22-24-17)15-8-5-11-19-12-15/h2-8,11-13H,9-10H2,1H3,(H,20,23)/t13-/m1/s1. The van der Waals surface area contributed by atoms with E-state index in [0.29, 0.717) is 24.6 Å². The van der Waals surface area contributed by atoms with Crippen molar-refractivity contribution >= 4 is 5.91 Å². The van der Waals surface area contributed by atoms with Gasteiger partial charge in [-0.2, -0.15) is 4.98 Å². The van der Waals surface area contributed by atoms with E-state index in [1.807, 2.05) is 49.4 Å². The van der Waals surface area contributed by atoms with Gasteiger partial charge in [-0.15, -0.1) is 0 Å². The Morgan fingerprint density at radius 3 is 2.79 bits per heavy atom. The number of amides is 1. The largest absolute Gasteiger partial charge is 0.350 e. The number of aryl methyl sites for hydroxylation is 1. The molecule has 0 aliphatic rings. The molecule has 0 aliphatic heterocycles. The summed E-state index contributed by atoms with van der Waals surface area (Å²) < 4.78 is 5.19. The molecule has 0 spiro atoms. The van der Waals surface area contributed by atoms with Crippen LogP contribution >= 0.6 is 0 Å². The van der Waals surface area contributed by atoms with E-state index in [1.54, 1.807) is 12.4 Å². The molecule has 6 nitrogen and oxygen atoms in total. The molecular weight excluding hydrogens is 304 g/mol. The minimum Gasteiger partial charge on any atom is -0.350 e. The molecule has 1 amide bonds. The van der Waals surface area contributed by atoms with Gasteiger partial charge in [0.1, 0.15) is 0 Å². The van der Waals surface area contributed by atoms with Gasteiger partial charge in [-0.05, 0) is 24.6 Å². The van der Waals surface area contributed by atoms with Gasteiger partial charge in [-0.3, -0.25) is 9.78 Å². The molecule has 1 aromatic carbocycles. The summed E-state index contributed by atoms with van der Waals surface area (Å²) >= 11 is 0. The molecule has 0 fully saturated rings. The first kappa shape index (κ1) is 15.9. The van der Waals surface area contributed by atoms with Crippen molar-refractivity contribution in [1.29, 1.82) is 0 Å². The number of pyridine rings is 1. The Bertz CT molecular complexity index is 787. The fourth-order valence-corrected chi connectivity index (χ4v) is 2.33. The zero-order chi connectivity index (χ0) is 16.8. The van der Waals surface area contributed by atoms with Crippen molar-refractivity contribution in [2.24, 2.45) is 0 Å². The van der Waals surface area contributed by atoms with Gasteiger partial charge in [0.2, 0.25) is 17.6 Å². The maximum absolute atomic E-state index is 12.1. The number of benzene rings is 1. The summed E-state index contributed by atoms with van der Waals surface area (Å²) in [7, 11) is 0. The first-order valence-electron chi connectivity index (χ1n) is 7.79. The van der Waals surface area contributed by atoms with Crippen molar-refractivity contribution in [2.45, 2.75) is 25.8 Å². The number of aromatic nitrogens is 3. The molecule has 3 aromatic rings. The lowest BCUT2D eigenvalue weighted by molar-refractivity contribution is -0.121. The topological polar surface area (TPSA) is 80.9 Å². The van der Waals surface area contributed by atoms with E-state index in [9.17, 15) is 4.79 Å². The Hall–Kier alpha value is -3.02. The number of nitrogens with one attached hydrogen (secondary N) is 1. The summed E-state index contributed by atoms with van der Waals surface area (Å²) in [5.74, 6) is 0.875. The molecule has 2 aromatic heterocycles. The van der Waals surface area contributed by atoms with Gasteiger partial charge in [-0.25, -0.2) is 0 Å². The van der Waals surface area contributed by atoms with E-state index in [0.717, 1.165) is 11.1 Å². The molecule has 0 aliphatic carbocycles. The maximum atomic E-state index is 12.1. The summed E-state index contributed by atoms with van der Waals surface area (Å²) in [5.41, 5.74) is 1.86. The Morgan fingerprint density at radius 1 is 1.21 bits per heavy atom. The lowest BCUT2D eigenvalue weighted by Gasteiger charge is -2.13. The Labute approximate surface area is 139 Å².